The van der Waals surface area contributed by atoms with E-state index in [-0.39, 0.29) is 18.0 Å². The number of rotatable bonds is 6. The first-order valence-electron chi connectivity index (χ1n) is 9.90. The van der Waals surface area contributed by atoms with E-state index in [0.29, 0.717) is 30.0 Å². The van der Waals surface area contributed by atoms with E-state index in [9.17, 15) is 18.0 Å². The van der Waals surface area contributed by atoms with Gasteiger partial charge < -0.3 is 14.8 Å². The molecule has 1 N–H and O–H groups in total. The van der Waals surface area contributed by atoms with Gasteiger partial charge in [0.1, 0.15) is 0 Å². The van der Waals surface area contributed by atoms with Crippen molar-refractivity contribution < 1.29 is 27.5 Å². The number of morpholine rings is 1. The highest BCUT2D eigenvalue weighted by atomic mass is 32.2. The Bertz CT molecular complexity index is 1070. The lowest BCUT2D eigenvalue weighted by atomic mass is 10.1. The molecule has 0 atom stereocenters. The third-order valence-electron chi connectivity index (χ3n) is 4.88. The Kier molecular flexibility index (Phi) is 7.09. The molecule has 166 valence electrons. The van der Waals surface area contributed by atoms with Crippen LogP contribution in [0.4, 0.5) is 5.69 Å². The van der Waals surface area contributed by atoms with E-state index < -0.39 is 28.5 Å². The summed E-state index contributed by atoms with van der Waals surface area (Å²) in [7, 11) is -3.69. The Morgan fingerprint density at radius 3 is 2.32 bits per heavy atom. The molecular weight excluding hydrogens is 420 g/mol. The summed E-state index contributed by atoms with van der Waals surface area (Å²) < 4.78 is 37.4. The monoisotopic (exact) mass is 446 g/mol. The van der Waals surface area contributed by atoms with Crippen LogP contribution < -0.4 is 5.32 Å². The summed E-state index contributed by atoms with van der Waals surface area (Å²) in [5.41, 5.74) is 3.26. The van der Waals surface area contributed by atoms with Gasteiger partial charge >= 0.3 is 5.97 Å². The van der Waals surface area contributed by atoms with Gasteiger partial charge in [-0.15, -0.1) is 0 Å². The summed E-state index contributed by atoms with van der Waals surface area (Å²) in [5, 5.41) is 2.63. The summed E-state index contributed by atoms with van der Waals surface area (Å²) in [6.45, 7) is 6.28. The molecule has 0 saturated carbocycles. The molecule has 1 aliphatic heterocycles. The zero-order valence-electron chi connectivity index (χ0n) is 17.8. The van der Waals surface area contributed by atoms with Gasteiger partial charge in [-0.3, -0.25) is 4.79 Å². The molecule has 1 amide bonds. The van der Waals surface area contributed by atoms with E-state index in [4.69, 9.17) is 9.47 Å². The van der Waals surface area contributed by atoms with Gasteiger partial charge in [0.2, 0.25) is 10.0 Å². The van der Waals surface area contributed by atoms with Crippen LogP contribution in [0.1, 0.15) is 27.0 Å². The maximum Gasteiger partial charge on any atom is 0.338 e. The number of aryl methyl sites for hydroxylation is 3. The van der Waals surface area contributed by atoms with Crippen molar-refractivity contribution in [2.75, 3.05) is 38.2 Å². The number of benzene rings is 2. The first-order chi connectivity index (χ1) is 14.7. The average molecular weight is 447 g/mol. The number of carbonyl (C=O) groups excluding carboxylic acids is 2. The van der Waals surface area contributed by atoms with Crippen LogP contribution >= 0.6 is 0 Å². The van der Waals surface area contributed by atoms with Gasteiger partial charge in [-0.05, 0) is 50.6 Å². The SMILES string of the molecule is Cc1cc(C)cc(C(=O)OCC(=O)Nc2cc(S(=O)(=O)N3CCOCC3)ccc2C)c1. The minimum absolute atomic E-state index is 0.0857. The van der Waals surface area contributed by atoms with E-state index in [1.54, 1.807) is 25.1 Å². The van der Waals surface area contributed by atoms with Gasteiger partial charge in [-0.2, -0.15) is 4.31 Å². The van der Waals surface area contributed by atoms with Crippen molar-refractivity contribution in [1.82, 2.24) is 4.31 Å². The smallest absolute Gasteiger partial charge is 0.338 e. The molecule has 1 aliphatic rings. The van der Waals surface area contributed by atoms with Gasteiger partial charge in [0, 0.05) is 18.8 Å². The van der Waals surface area contributed by atoms with Crippen molar-refractivity contribution in [2.45, 2.75) is 25.7 Å². The number of amides is 1. The first kappa shape index (κ1) is 22.9. The van der Waals surface area contributed by atoms with Gasteiger partial charge in [0.25, 0.3) is 5.91 Å². The molecule has 2 aromatic carbocycles. The van der Waals surface area contributed by atoms with Crippen molar-refractivity contribution in [2.24, 2.45) is 0 Å². The third kappa shape index (κ3) is 5.69. The molecule has 2 aromatic rings. The Balaban J connectivity index is 1.67. The van der Waals surface area contributed by atoms with Crippen LogP contribution in [0.3, 0.4) is 0 Å². The number of hydrogen-bond donors (Lipinski definition) is 1. The second-order valence-corrected chi connectivity index (χ2v) is 9.43. The number of esters is 1. The lowest BCUT2D eigenvalue weighted by Gasteiger charge is -2.26. The van der Waals surface area contributed by atoms with Gasteiger partial charge in [-0.25, -0.2) is 13.2 Å². The summed E-state index contributed by atoms with van der Waals surface area (Å²) in [4.78, 5) is 24.7. The molecule has 0 aliphatic carbocycles. The second-order valence-electron chi connectivity index (χ2n) is 7.49. The maximum absolute atomic E-state index is 12.9. The van der Waals surface area contributed by atoms with E-state index in [1.807, 2.05) is 19.9 Å². The fourth-order valence-corrected chi connectivity index (χ4v) is 4.76. The summed E-state index contributed by atoms with van der Waals surface area (Å²) in [6, 6.07) is 9.88. The Labute approximate surface area is 182 Å². The Hall–Kier alpha value is -2.75. The number of carbonyl (C=O) groups is 2. The van der Waals surface area contributed by atoms with Gasteiger partial charge in [-0.1, -0.05) is 23.3 Å². The molecule has 31 heavy (non-hydrogen) atoms. The molecule has 0 bridgehead atoms. The van der Waals surface area contributed by atoms with E-state index >= 15 is 0 Å². The van der Waals surface area contributed by atoms with Gasteiger partial charge in [0.15, 0.2) is 6.61 Å². The highest BCUT2D eigenvalue weighted by Crippen LogP contribution is 2.23. The quantitative estimate of drug-likeness (QED) is 0.684. The van der Waals surface area contributed by atoms with Crippen molar-refractivity contribution in [3.05, 3.63) is 58.7 Å². The number of sulfonamides is 1. The van der Waals surface area contributed by atoms with Gasteiger partial charge in [0.05, 0.1) is 23.7 Å². The largest absolute Gasteiger partial charge is 0.452 e. The predicted molar refractivity (Wildman–Crippen MR) is 116 cm³/mol. The molecule has 0 spiro atoms. The molecule has 1 saturated heterocycles. The van der Waals surface area contributed by atoms with Crippen LogP contribution in [0.5, 0.6) is 0 Å². The van der Waals surface area contributed by atoms with Crippen LogP contribution in [0, 0.1) is 20.8 Å². The number of ether oxygens (including phenoxy) is 2. The molecule has 8 nitrogen and oxygen atoms in total. The third-order valence-corrected chi connectivity index (χ3v) is 6.78. The van der Waals surface area contributed by atoms with Crippen LogP contribution in [-0.2, 0) is 24.3 Å². The van der Waals surface area contributed by atoms with E-state index in [2.05, 4.69) is 5.32 Å². The fourth-order valence-electron chi connectivity index (χ4n) is 3.33. The molecule has 0 radical (unpaired) electrons. The standard InChI is InChI=1S/C22H26N2O6S/c1-15-10-16(2)12-18(11-15)22(26)30-14-21(25)23-20-13-19(5-4-17(20)3)31(27,28)24-6-8-29-9-7-24/h4-5,10-13H,6-9,14H2,1-3H3,(H,23,25). The van der Waals surface area contributed by atoms with Crippen LogP contribution in [-0.4, -0.2) is 57.5 Å². The maximum atomic E-state index is 12.9. The van der Waals surface area contributed by atoms with E-state index in [1.165, 1.54) is 16.4 Å². The summed E-state index contributed by atoms with van der Waals surface area (Å²) in [5.74, 6) is -1.15. The number of anilines is 1. The highest BCUT2D eigenvalue weighted by molar-refractivity contribution is 7.89. The lowest BCUT2D eigenvalue weighted by Crippen LogP contribution is -2.40. The van der Waals surface area contributed by atoms with E-state index in [0.717, 1.165) is 11.1 Å². The highest BCUT2D eigenvalue weighted by Gasteiger charge is 2.27. The normalized spacial score (nSPS) is 14.8. The minimum atomic E-state index is -3.69. The van der Waals surface area contributed by atoms with Crippen molar-refractivity contribution in [1.29, 1.82) is 0 Å². The number of hydrogen-bond acceptors (Lipinski definition) is 6. The Morgan fingerprint density at radius 1 is 1.03 bits per heavy atom. The van der Waals surface area contributed by atoms with Crippen molar-refractivity contribution >= 4 is 27.6 Å². The first-order valence-corrected chi connectivity index (χ1v) is 11.3. The molecule has 9 heteroatoms. The zero-order chi connectivity index (χ0) is 22.6. The molecule has 1 heterocycles. The van der Waals surface area contributed by atoms with Crippen molar-refractivity contribution in [3.8, 4) is 0 Å². The average Bonchev–Trinajstić information content (AvgIpc) is 2.73. The number of nitrogens with zero attached hydrogens (tertiary/aromatic N) is 1. The van der Waals surface area contributed by atoms with Crippen LogP contribution in [0.15, 0.2) is 41.3 Å². The molecule has 0 aromatic heterocycles. The summed E-state index contributed by atoms with van der Waals surface area (Å²) >= 11 is 0. The van der Waals surface area contributed by atoms with Crippen molar-refractivity contribution in [3.63, 3.8) is 0 Å². The lowest BCUT2D eigenvalue weighted by molar-refractivity contribution is -0.119. The topological polar surface area (TPSA) is 102 Å². The molecule has 3 rings (SSSR count). The van der Waals surface area contributed by atoms with Crippen LogP contribution in [0.25, 0.3) is 0 Å². The molecule has 1 fully saturated rings. The van der Waals surface area contributed by atoms with Crippen LogP contribution in [0.2, 0.25) is 0 Å². The Morgan fingerprint density at radius 2 is 1.68 bits per heavy atom. The molecule has 0 unspecified atom stereocenters. The molecular formula is C22H26N2O6S. The second kappa shape index (κ2) is 9.59. The zero-order valence-corrected chi connectivity index (χ0v) is 18.6. The predicted octanol–water partition coefficient (Wildman–Crippen LogP) is 2.43. The summed E-state index contributed by atoms with van der Waals surface area (Å²) in [6.07, 6.45) is 0. The minimum Gasteiger partial charge on any atom is -0.452 e. The number of nitrogens with one attached hydrogen (secondary N) is 1. The fraction of sp³-hybridized carbons (Fsp3) is 0.364.